The van der Waals surface area contributed by atoms with E-state index in [9.17, 15) is 4.21 Å². The molecule has 0 saturated heterocycles. The summed E-state index contributed by atoms with van der Waals surface area (Å²) < 4.78 is 11.8. The van der Waals surface area contributed by atoms with Crippen LogP contribution in [-0.2, 0) is 17.3 Å². The van der Waals surface area contributed by atoms with E-state index in [1.165, 1.54) is 0 Å². The highest BCUT2D eigenvalue weighted by Crippen LogP contribution is 2.08. The highest BCUT2D eigenvalue weighted by Gasteiger charge is 1.95. The third-order valence-corrected chi connectivity index (χ3v) is 3.17. The average Bonchev–Trinajstić information content (AvgIpc) is 2.17. The second kappa shape index (κ2) is 7.09. The van der Waals surface area contributed by atoms with Gasteiger partial charge in [0.25, 0.3) is 0 Å². The van der Waals surface area contributed by atoms with Crippen molar-refractivity contribution in [3.05, 3.63) is 28.5 Å². The summed E-state index contributed by atoms with van der Waals surface area (Å²) in [6.07, 6.45) is 6.29. The molecular formula is C10H15BrN2OS. The van der Waals surface area contributed by atoms with Crippen LogP contribution in [0.3, 0.4) is 0 Å². The molecule has 0 aromatic carbocycles. The van der Waals surface area contributed by atoms with Crippen LogP contribution in [0.4, 0.5) is 0 Å². The quantitative estimate of drug-likeness (QED) is 0.811. The Labute approximate surface area is 101 Å². The monoisotopic (exact) mass is 290 g/mol. The molecule has 1 aromatic heterocycles. The van der Waals surface area contributed by atoms with Crippen LogP contribution >= 0.6 is 15.9 Å². The summed E-state index contributed by atoms with van der Waals surface area (Å²) >= 11 is 3.37. The van der Waals surface area contributed by atoms with E-state index < -0.39 is 10.8 Å². The maximum atomic E-state index is 10.8. The van der Waals surface area contributed by atoms with Crippen molar-refractivity contribution >= 4 is 26.7 Å². The van der Waals surface area contributed by atoms with Gasteiger partial charge in [0, 0.05) is 46.2 Å². The minimum Gasteiger partial charge on any atom is -0.313 e. The van der Waals surface area contributed by atoms with Crippen molar-refractivity contribution in [2.24, 2.45) is 0 Å². The molecule has 5 heteroatoms. The van der Waals surface area contributed by atoms with Gasteiger partial charge in [0.2, 0.25) is 0 Å². The second-order valence-electron chi connectivity index (χ2n) is 3.32. The van der Waals surface area contributed by atoms with E-state index in [-0.39, 0.29) is 0 Å². The Balaban J connectivity index is 2.17. The van der Waals surface area contributed by atoms with Gasteiger partial charge in [-0.2, -0.15) is 0 Å². The van der Waals surface area contributed by atoms with Gasteiger partial charge in [-0.05, 0) is 40.5 Å². The van der Waals surface area contributed by atoms with E-state index in [0.717, 1.165) is 35.3 Å². The summed E-state index contributed by atoms with van der Waals surface area (Å²) in [4.78, 5) is 4.08. The lowest BCUT2D eigenvalue weighted by Crippen LogP contribution is -2.16. The third-order valence-electron chi connectivity index (χ3n) is 1.88. The minimum absolute atomic E-state index is 0.677. The molecule has 1 atom stereocenters. The molecule has 1 unspecified atom stereocenters. The minimum atomic E-state index is -0.677. The van der Waals surface area contributed by atoms with Gasteiger partial charge in [0.05, 0.1) is 0 Å². The van der Waals surface area contributed by atoms with E-state index in [4.69, 9.17) is 0 Å². The number of rotatable bonds is 6. The SMILES string of the molecule is CS(=O)CCCNCc1cncc(Br)c1. The van der Waals surface area contributed by atoms with Gasteiger partial charge >= 0.3 is 0 Å². The molecule has 0 bridgehead atoms. The van der Waals surface area contributed by atoms with Crippen LogP contribution in [0.2, 0.25) is 0 Å². The van der Waals surface area contributed by atoms with Crippen LogP contribution < -0.4 is 5.32 Å². The number of hydrogen-bond acceptors (Lipinski definition) is 3. The van der Waals surface area contributed by atoms with Gasteiger partial charge in [-0.15, -0.1) is 0 Å². The molecule has 0 aliphatic heterocycles. The van der Waals surface area contributed by atoms with Gasteiger partial charge in [-0.25, -0.2) is 0 Å². The fourth-order valence-electron chi connectivity index (χ4n) is 1.19. The third kappa shape index (κ3) is 6.02. The van der Waals surface area contributed by atoms with Crippen LogP contribution in [0, 0.1) is 0 Å². The predicted molar refractivity (Wildman–Crippen MR) is 67.2 cm³/mol. The molecule has 0 saturated carbocycles. The topological polar surface area (TPSA) is 42.0 Å². The summed E-state index contributed by atoms with van der Waals surface area (Å²) in [5.41, 5.74) is 1.15. The first-order valence-electron chi connectivity index (χ1n) is 4.78. The molecule has 1 aromatic rings. The zero-order chi connectivity index (χ0) is 11.1. The van der Waals surface area contributed by atoms with Crippen LogP contribution in [0.15, 0.2) is 22.9 Å². The Bertz CT molecular complexity index is 333. The number of nitrogens with zero attached hydrogens (tertiary/aromatic N) is 1. The maximum absolute atomic E-state index is 10.8. The molecule has 0 fully saturated rings. The first kappa shape index (κ1) is 12.8. The molecule has 1 N–H and O–H groups in total. The number of aromatic nitrogens is 1. The molecule has 15 heavy (non-hydrogen) atoms. The van der Waals surface area contributed by atoms with Crippen molar-refractivity contribution in [1.29, 1.82) is 0 Å². The normalized spacial score (nSPS) is 12.7. The van der Waals surface area contributed by atoms with Crippen molar-refractivity contribution in [2.75, 3.05) is 18.6 Å². The van der Waals surface area contributed by atoms with Crippen LogP contribution in [-0.4, -0.2) is 27.7 Å². The Kier molecular flexibility index (Phi) is 6.05. The molecule has 0 aliphatic carbocycles. The zero-order valence-corrected chi connectivity index (χ0v) is 11.1. The summed E-state index contributed by atoms with van der Waals surface area (Å²) in [5.74, 6) is 0.768. The van der Waals surface area contributed by atoms with Crippen LogP contribution in [0.25, 0.3) is 0 Å². The van der Waals surface area contributed by atoms with E-state index in [0.29, 0.717) is 0 Å². The fraction of sp³-hybridized carbons (Fsp3) is 0.500. The summed E-state index contributed by atoms with van der Waals surface area (Å²) in [5, 5.41) is 3.29. The lowest BCUT2D eigenvalue weighted by Gasteiger charge is -2.04. The van der Waals surface area contributed by atoms with Crippen molar-refractivity contribution in [3.8, 4) is 0 Å². The van der Waals surface area contributed by atoms with Gasteiger partial charge in [0.1, 0.15) is 0 Å². The standard InChI is InChI=1S/C10H15BrN2OS/c1-15(14)4-2-3-12-6-9-5-10(11)8-13-7-9/h5,7-8,12H,2-4,6H2,1H3. The van der Waals surface area contributed by atoms with Crippen molar-refractivity contribution in [3.63, 3.8) is 0 Å². The van der Waals surface area contributed by atoms with E-state index >= 15 is 0 Å². The summed E-state index contributed by atoms with van der Waals surface area (Å²) in [7, 11) is -0.677. The maximum Gasteiger partial charge on any atom is 0.0410 e. The molecule has 0 aliphatic rings. The van der Waals surface area contributed by atoms with Gasteiger partial charge < -0.3 is 5.32 Å². The molecule has 1 rings (SSSR count). The first-order valence-corrected chi connectivity index (χ1v) is 7.30. The number of nitrogens with one attached hydrogen (secondary N) is 1. The lowest BCUT2D eigenvalue weighted by molar-refractivity contribution is 0.661. The lowest BCUT2D eigenvalue weighted by atomic mass is 10.3. The molecule has 0 amide bonds. The van der Waals surface area contributed by atoms with Gasteiger partial charge in [-0.1, -0.05) is 0 Å². The summed E-state index contributed by atoms with van der Waals surface area (Å²) in [6.45, 7) is 1.70. The molecule has 0 spiro atoms. The highest BCUT2D eigenvalue weighted by molar-refractivity contribution is 9.10. The smallest absolute Gasteiger partial charge is 0.0410 e. The summed E-state index contributed by atoms with van der Waals surface area (Å²) in [6, 6.07) is 2.04. The molecule has 0 radical (unpaired) electrons. The zero-order valence-electron chi connectivity index (χ0n) is 8.70. The molecule has 84 valence electrons. The highest BCUT2D eigenvalue weighted by atomic mass is 79.9. The fourth-order valence-corrected chi connectivity index (χ4v) is 2.15. The Morgan fingerprint density at radius 2 is 2.33 bits per heavy atom. The van der Waals surface area contributed by atoms with E-state index in [2.05, 4.69) is 26.2 Å². The molecule has 1 heterocycles. The number of pyridine rings is 1. The first-order chi connectivity index (χ1) is 7.18. The molecule has 3 nitrogen and oxygen atoms in total. The van der Waals surface area contributed by atoms with Gasteiger partial charge in [-0.3, -0.25) is 9.19 Å². The molecular weight excluding hydrogens is 276 g/mol. The van der Waals surface area contributed by atoms with E-state index in [1.807, 2.05) is 12.3 Å². The second-order valence-corrected chi connectivity index (χ2v) is 5.79. The van der Waals surface area contributed by atoms with Crippen LogP contribution in [0.5, 0.6) is 0 Å². The van der Waals surface area contributed by atoms with E-state index in [1.54, 1.807) is 12.5 Å². The van der Waals surface area contributed by atoms with Crippen molar-refractivity contribution in [1.82, 2.24) is 10.3 Å². The Morgan fingerprint density at radius 3 is 3.00 bits per heavy atom. The Morgan fingerprint density at radius 1 is 1.53 bits per heavy atom. The van der Waals surface area contributed by atoms with Crippen molar-refractivity contribution in [2.45, 2.75) is 13.0 Å². The van der Waals surface area contributed by atoms with Crippen molar-refractivity contribution < 1.29 is 4.21 Å². The largest absolute Gasteiger partial charge is 0.313 e. The predicted octanol–water partition coefficient (Wildman–Crippen LogP) is 1.70. The Hall–Kier alpha value is -0.260. The van der Waals surface area contributed by atoms with Crippen LogP contribution in [0.1, 0.15) is 12.0 Å². The average molecular weight is 291 g/mol. The van der Waals surface area contributed by atoms with Gasteiger partial charge in [0.15, 0.2) is 0 Å². The number of hydrogen-bond donors (Lipinski definition) is 1. The number of halogens is 1.